The van der Waals surface area contributed by atoms with Gasteiger partial charge >= 0.3 is 6.18 Å². The molecule has 0 saturated carbocycles. The normalized spacial score (nSPS) is 18.1. The van der Waals surface area contributed by atoms with Gasteiger partial charge in [0.2, 0.25) is 0 Å². The Morgan fingerprint density at radius 2 is 1.63 bits per heavy atom. The summed E-state index contributed by atoms with van der Waals surface area (Å²) in [6.07, 6.45) is -1.45. The number of alkyl halides is 3. The molecule has 2 heterocycles. The molecule has 0 bridgehead atoms. The first kappa shape index (κ1) is 18.4. The molecule has 1 aliphatic heterocycles. The Morgan fingerprint density at radius 1 is 1.11 bits per heavy atom. The average molecular weight is 318 g/mol. The van der Waals surface area contributed by atoms with Gasteiger partial charge < -0.3 is 5.32 Å². The van der Waals surface area contributed by atoms with E-state index in [9.17, 15) is 13.2 Å². The lowest BCUT2D eigenvalue weighted by molar-refractivity contribution is -0.187. The van der Waals surface area contributed by atoms with Crippen LogP contribution in [0.1, 0.15) is 11.6 Å². The molecule has 1 saturated heterocycles. The lowest BCUT2D eigenvalue weighted by Crippen LogP contribution is -2.49. The molecule has 0 aliphatic carbocycles. The average Bonchev–Trinajstić information content (AvgIpc) is 2.30. The zero-order valence-corrected chi connectivity index (χ0v) is 11.7. The maximum atomic E-state index is 13.1. The van der Waals surface area contributed by atoms with E-state index in [4.69, 9.17) is 0 Å². The molecule has 0 amide bonds. The lowest BCUT2D eigenvalue weighted by atomic mass is 10.1. The minimum atomic E-state index is -4.25. The third kappa shape index (κ3) is 4.80. The molecule has 1 aromatic heterocycles. The van der Waals surface area contributed by atoms with Crippen molar-refractivity contribution in [2.75, 3.05) is 26.2 Å². The van der Waals surface area contributed by atoms with Gasteiger partial charge in [-0.3, -0.25) is 9.88 Å². The Morgan fingerprint density at radius 3 is 2.11 bits per heavy atom. The minimum Gasteiger partial charge on any atom is -0.314 e. The van der Waals surface area contributed by atoms with Gasteiger partial charge in [0.25, 0.3) is 0 Å². The second-order valence-electron chi connectivity index (χ2n) is 4.01. The first-order valence-corrected chi connectivity index (χ1v) is 5.50. The van der Waals surface area contributed by atoms with Crippen LogP contribution >= 0.6 is 24.8 Å². The number of piperazine rings is 1. The smallest absolute Gasteiger partial charge is 0.314 e. The number of hydrogen-bond donors (Lipinski definition) is 1. The van der Waals surface area contributed by atoms with Crippen molar-refractivity contribution in [1.82, 2.24) is 15.2 Å². The highest BCUT2D eigenvalue weighted by Gasteiger charge is 2.44. The number of hydrogen-bond acceptors (Lipinski definition) is 3. The van der Waals surface area contributed by atoms with E-state index >= 15 is 0 Å². The van der Waals surface area contributed by atoms with Crippen LogP contribution in [-0.2, 0) is 0 Å². The largest absolute Gasteiger partial charge is 0.408 e. The summed E-state index contributed by atoms with van der Waals surface area (Å²) in [5, 5.41) is 3.05. The molecule has 0 aromatic carbocycles. The SMILES string of the molecule is Cl.Cl.FC(F)(F)[C@@H](c1ccncc1)N1CCNCC1. The Labute approximate surface area is 122 Å². The lowest BCUT2D eigenvalue weighted by Gasteiger charge is -2.36. The topological polar surface area (TPSA) is 28.2 Å². The highest BCUT2D eigenvalue weighted by molar-refractivity contribution is 5.85. The molecular weight excluding hydrogens is 302 g/mol. The van der Waals surface area contributed by atoms with Gasteiger partial charge in [0.05, 0.1) is 0 Å². The Hall–Kier alpha value is -0.560. The van der Waals surface area contributed by atoms with Gasteiger partial charge in [-0.05, 0) is 17.7 Å². The Balaban J connectivity index is 0.00000162. The van der Waals surface area contributed by atoms with Crippen molar-refractivity contribution < 1.29 is 13.2 Å². The second kappa shape index (κ2) is 7.89. The predicted octanol–water partition coefficient (Wildman–Crippen LogP) is 2.43. The van der Waals surface area contributed by atoms with E-state index in [1.807, 2.05) is 0 Å². The predicted molar refractivity (Wildman–Crippen MR) is 72.0 cm³/mol. The molecule has 8 heteroatoms. The number of halogens is 5. The Bertz CT molecular complexity index is 356. The molecule has 1 aliphatic rings. The summed E-state index contributed by atoms with van der Waals surface area (Å²) in [6.45, 7) is 2.01. The monoisotopic (exact) mass is 317 g/mol. The first-order valence-electron chi connectivity index (χ1n) is 5.50. The van der Waals surface area contributed by atoms with Crippen LogP contribution in [0.5, 0.6) is 0 Å². The Kier molecular flexibility index (Phi) is 7.66. The van der Waals surface area contributed by atoms with Crippen LogP contribution in [0.25, 0.3) is 0 Å². The summed E-state index contributed by atoms with van der Waals surface area (Å²) < 4.78 is 39.3. The summed E-state index contributed by atoms with van der Waals surface area (Å²) in [6, 6.07) is 1.34. The van der Waals surface area contributed by atoms with Crippen molar-refractivity contribution in [3.63, 3.8) is 0 Å². The fourth-order valence-corrected chi connectivity index (χ4v) is 2.09. The molecule has 3 nitrogen and oxygen atoms in total. The number of pyridine rings is 1. The first-order chi connectivity index (χ1) is 8.09. The van der Waals surface area contributed by atoms with E-state index < -0.39 is 12.2 Å². The van der Waals surface area contributed by atoms with Gasteiger partial charge in [0.1, 0.15) is 6.04 Å². The number of nitrogens with zero attached hydrogens (tertiary/aromatic N) is 2. The van der Waals surface area contributed by atoms with Crippen molar-refractivity contribution in [2.24, 2.45) is 0 Å². The van der Waals surface area contributed by atoms with Gasteiger partial charge in [-0.2, -0.15) is 13.2 Å². The van der Waals surface area contributed by atoms with Crippen LogP contribution in [0, 0.1) is 0 Å². The highest BCUT2D eigenvalue weighted by atomic mass is 35.5. The van der Waals surface area contributed by atoms with Crippen LogP contribution in [0.15, 0.2) is 24.5 Å². The summed E-state index contributed by atoms with van der Waals surface area (Å²) in [4.78, 5) is 5.22. The van der Waals surface area contributed by atoms with E-state index in [0.717, 1.165) is 0 Å². The summed E-state index contributed by atoms with van der Waals surface area (Å²) in [7, 11) is 0. The van der Waals surface area contributed by atoms with Crippen LogP contribution in [0.4, 0.5) is 13.2 Å². The molecule has 0 radical (unpaired) electrons. The van der Waals surface area contributed by atoms with Gasteiger partial charge in [-0.15, -0.1) is 24.8 Å². The minimum absolute atomic E-state index is 0. The van der Waals surface area contributed by atoms with E-state index in [2.05, 4.69) is 10.3 Å². The molecule has 0 spiro atoms. The molecule has 2 rings (SSSR count). The third-order valence-corrected chi connectivity index (χ3v) is 2.85. The van der Waals surface area contributed by atoms with E-state index in [1.165, 1.54) is 29.4 Å². The molecule has 1 fully saturated rings. The number of aromatic nitrogens is 1. The fourth-order valence-electron chi connectivity index (χ4n) is 2.09. The second-order valence-corrected chi connectivity index (χ2v) is 4.01. The van der Waals surface area contributed by atoms with Crippen molar-refractivity contribution in [1.29, 1.82) is 0 Å². The van der Waals surface area contributed by atoms with Gasteiger partial charge in [-0.25, -0.2) is 0 Å². The molecule has 19 heavy (non-hydrogen) atoms. The molecule has 0 unspecified atom stereocenters. The van der Waals surface area contributed by atoms with Crippen molar-refractivity contribution in [2.45, 2.75) is 12.2 Å². The van der Waals surface area contributed by atoms with E-state index in [1.54, 1.807) is 0 Å². The highest BCUT2D eigenvalue weighted by Crippen LogP contribution is 2.37. The van der Waals surface area contributed by atoms with Crippen molar-refractivity contribution >= 4 is 24.8 Å². The summed E-state index contributed by atoms with van der Waals surface area (Å²) in [5.41, 5.74) is 0.259. The number of rotatable bonds is 2. The van der Waals surface area contributed by atoms with Gasteiger partial charge in [0, 0.05) is 38.6 Å². The molecule has 1 atom stereocenters. The van der Waals surface area contributed by atoms with Crippen molar-refractivity contribution in [3.05, 3.63) is 30.1 Å². The molecule has 1 N–H and O–H groups in total. The number of nitrogens with one attached hydrogen (secondary N) is 1. The fraction of sp³-hybridized carbons (Fsp3) is 0.545. The van der Waals surface area contributed by atoms with E-state index in [-0.39, 0.29) is 30.4 Å². The zero-order valence-electron chi connectivity index (χ0n) is 10.1. The molecule has 110 valence electrons. The van der Waals surface area contributed by atoms with Crippen molar-refractivity contribution in [3.8, 4) is 0 Å². The third-order valence-electron chi connectivity index (χ3n) is 2.85. The van der Waals surface area contributed by atoms with E-state index in [0.29, 0.717) is 26.2 Å². The van der Waals surface area contributed by atoms with Crippen LogP contribution in [-0.4, -0.2) is 42.2 Å². The summed E-state index contributed by atoms with van der Waals surface area (Å²) in [5.74, 6) is 0. The maximum Gasteiger partial charge on any atom is 0.408 e. The van der Waals surface area contributed by atoms with Gasteiger partial charge in [-0.1, -0.05) is 0 Å². The maximum absolute atomic E-state index is 13.1. The van der Waals surface area contributed by atoms with Crippen LogP contribution < -0.4 is 5.32 Å². The zero-order chi connectivity index (χ0) is 12.3. The van der Waals surface area contributed by atoms with Crippen LogP contribution in [0.3, 0.4) is 0 Å². The quantitative estimate of drug-likeness (QED) is 0.908. The molecular formula is C11H16Cl2F3N3. The van der Waals surface area contributed by atoms with Crippen LogP contribution in [0.2, 0.25) is 0 Å². The summed E-state index contributed by atoms with van der Waals surface area (Å²) >= 11 is 0. The van der Waals surface area contributed by atoms with Gasteiger partial charge in [0.15, 0.2) is 0 Å². The molecule has 1 aromatic rings. The standard InChI is InChI=1S/C11H14F3N3.2ClH/c12-11(13,14)10(9-1-3-15-4-2-9)17-7-5-16-6-8-17;;/h1-4,10,16H,5-8H2;2*1H/t10-;;/m1../s1.